The van der Waals surface area contributed by atoms with Crippen molar-refractivity contribution < 1.29 is 49.0 Å². The van der Waals surface area contributed by atoms with Gasteiger partial charge in [0.2, 0.25) is 0 Å². The fraction of sp³-hybridized carbons (Fsp3) is 0.481. The van der Waals surface area contributed by atoms with Crippen LogP contribution >= 0.6 is 0 Å². The van der Waals surface area contributed by atoms with E-state index in [-0.39, 0.29) is 26.6 Å². The molecule has 2 aromatic rings. The summed E-state index contributed by atoms with van der Waals surface area (Å²) in [6.45, 7) is 6.75. The maximum absolute atomic E-state index is 12.9. The van der Waals surface area contributed by atoms with Crippen molar-refractivity contribution in [1.82, 2.24) is 14.7 Å². The Hall–Kier alpha value is -2.34. The number of nitrogens with zero attached hydrogens (tertiary/aromatic N) is 3. The molecular formula is C27H32F3IN3O3-. The zero-order valence-electron chi connectivity index (χ0n) is 21.6. The van der Waals surface area contributed by atoms with Gasteiger partial charge in [0.15, 0.2) is 0 Å². The molecule has 1 saturated heterocycles. The van der Waals surface area contributed by atoms with Gasteiger partial charge in [-0.2, -0.15) is 13.2 Å². The summed E-state index contributed by atoms with van der Waals surface area (Å²) in [5.41, 5.74) is 1.28. The van der Waals surface area contributed by atoms with Gasteiger partial charge in [-0.05, 0) is 12.1 Å². The summed E-state index contributed by atoms with van der Waals surface area (Å²) in [7, 11) is 3.88. The molecule has 2 heterocycles. The van der Waals surface area contributed by atoms with Gasteiger partial charge in [-0.3, -0.25) is 0 Å². The second-order valence-electron chi connectivity index (χ2n) is 10.6. The molecule has 0 bridgehead atoms. The number of carboxylic acids is 1. The van der Waals surface area contributed by atoms with E-state index < -0.39 is 23.3 Å². The van der Waals surface area contributed by atoms with Gasteiger partial charge in [0.05, 0.1) is 5.56 Å². The average Bonchev–Trinajstić information content (AvgIpc) is 3.58. The van der Waals surface area contributed by atoms with Crippen molar-refractivity contribution in [2.45, 2.75) is 49.4 Å². The van der Waals surface area contributed by atoms with Crippen LogP contribution < -0.4 is 21.2 Å². The zero-order chi connectivity index (χ0) is 27.2. The molecule has 37 heavy (non-hydrogen) atoms. The first-order valence-electron chi connectivity index (χ1n) is 12.0. The van der Waals surface area contributed by atoms with E-state index in [1.165, 1.54) is 16.6 Å². The number of rotatable bonds is 9. The van der Waals surface area contributed by atoms with Gasteiger partial charge in [-0.15, -0.1) is 0 Å². The number of aliphatic carboxylic acids is 1. The predicted molar refractivity (Wildman–Crippen MR) is 130 cm³/mol. The van der Waals surface area contributed by atoms with Crippen molar-refractivity contribution in [1.29, 1.82) is 0 Å². The van der Waals surface area contributed by atoms with Crippen molar-refractivity contribution in [2.24, 2.45) is 12.5 Å². The predicted octanol–water partition coefficient (Wildman–Crippen LogP) is 2.11. The van der Waals surface area contributed by atoms with Crippen molar-refractivity contribution in [3.05, 3.63) is 65.1 Å². The number of carboxylic acid groups (broad SMARTS) is 1. The van der Waals surface area contributed by atoms with E-state index in [1.54, 1.807) is 18.5 Å². The summed E-state index contributed by atoms with van der Waals surface area (Å²) in [5, 5.41) is 14.0. The van der Waals surface area contributed by atoms with Gasteiger partial charge in [-0.25, -0.2) is 0 Å². The van der Waals surface area contributed by atoms with Crippen molar-refractivity contribution in [3.63, 3.8) is 0 Å². The number of benzene rings is 1. The topological polar surface area (TPSA) is 67.6 Å². The minimum absolute atomic E-state index is 0.102. The first-order chi connectivity index (χ1) is 17.2. The molecule has 0 radical (unpaired) electrons. The van der Waals surface area contributed by atoms with E-state index in [0.717, 1.165) is 36.4 Å². The van der Waals surface area contributed by atoms with Crippen LogP contribution in [0.2, 0.25) is 0 Å². The number of aryl methyl sites for hydroxylation is 1. The average molecular weight is 630 g/mol. The van der Waals surface area contributed by atoms with Crippen LogP contribution in [-0.2, 0) is 29.3 Å². The Morgan fingerprint density at radius 1 is 1.30 bits per heavy atom. The van der Waals surface area contributed by atoms with Crippen LogP contribution in [0.4, 0.5) is 13.2 Å². The van der Waals surface area contributed by atoms with E-state index >= 15 is 0 Å². The van der Waals surface area contributed by atoms with Gasteiger partial charge >= 0.3 is 195 Å². The Labute approximate surface area is 225 Å². The fourth-order valence-corrected chi connectivity index (χ4v) is 6.20. The van der Waals surface area contributed by atoms with Crippen LogP contribution in [-0.4, -0.2) is 53.3 Å². The monoisotopic (exact) mass is 630 g/mol. The molecule has 2 aliphatic rings. The van der Waals surface area contributed by atoms with Crippen molar-refractivity contribution in [3.8, 4) is 11.3 Å². The van der Waals surface area contributed by atoms with Gasteiger partial charge < -0.3 is 0 Å². The van der Waals surface area contributed by atoms with Gasteiger partial charge in [0.25, 0.3) is 0 Å². The van der Waals surface area contributed by atoms with Gasteiger partial charge in [0, 0.05) is 0 Å². The molecule has 1 aromatic carbocycles. The summed E-state index contributed by atoms with van der Waals surface area (Å²) in [5.74, 6) is -0.277. The third-order valence-electron chi connectivity index (χ3n) is 6.62. The van der Waals surface area contributed by atoms with Crippen LogP contribution in [0, 0.1) is 5.41 Å². The fourth-order valence-electron chi connectivity index (χ4n) is 4.51. The summed E-state index contributed by atoms with van der Waals surface area (Å²) in [4.78, 5) is 13.8. The Morgan fingerprint density at radius 2 is 1.95 bits per heavy atom. The normalized spacial score (nSPS) is 22.2. The van der Waals surface area contributed by atoms with Crippen molar-refractivity contribution >= 4 is 5.97 Å². The van der Waals surface area contributed by atoms with E-state index in [1.807, 2.05) is 26.2 Å². The number of ether oxygens (including phenoxy) is 1. The molecule has 0 spiro atoms. The minimum atomic E-state index is -4.37. The summed E-state index contributed by atoms with van der Waals surface area (Å²) >= 11 is 0.102. The number of halogens is 4. The second-order valence-corrected chi connectivity index (χ2v) is 13.9. The molecule has 10 heteroatoms. The van der Waals surface area contributed by atoms with E-state index in [2.05, 4.69) is 23.0 Å². The van der Waals surface area contributed by atoms with Gasteiger partial charge in [-0.1, -0.05) is 0 Å². The number of hydrogen-bond acceptors (Lipinski definition) is 4. The molecule has 2 atom stereocenters. The quantitative estimate of drug-likeness (QED) is 0.340. The van der Waals surface area contributed by atoms with Crippen LogP contribution in [0.25, 0.3) is 11.3 Å². The van der Waals surface area contributed by atoms with Crippen LogP contribution in [0.1, 0.15) is 38.4 Å². The molecule has 1 aromatic heterocycles. The van der Waals surface area contributed by atoms with Crippen LogP contribution in [0.5, 0.6) is 0 Å². The molecule has 0 saturated carbocycles. The first kappa shape index (κ1) is 27.7. The van der Waals surface area contributed by atoms with E-state index in [9.17, 15) is 23.1 Å². The zero-order valence-corrected chi connectivity index (χ0v) is 23.7. The SMILES string of the molecule is CN(Cc1cc(-c2ccc(C(F)(F)F)cc2)nn1C)CC1(C)C=C(C2C[I-]2)C(OC(C)(C)C(=O)O)=CC1. The first-order valence-corrected chi connectivity index (χ1v) is 14.8. The number of alkyl halides is 5. The summed E-state index contributed by atoms with van der Waals surface area (Å²) in [6, 6.07) is 6.97. The standard InChI is InChI=1S/C27H32F3IN3O3/c1-25(2,24(35)36)37-23-10-11-26(3,13-20(23)21-14-31-21)16-33(4)15-19-12-22(32-34(19)5)17-6-8-18(9-7-17)27(28,29)30/h6-10,12-13,21H,11,14-16H2,1-5H3,(H,35,36)/q-1. The Kier molecular flexibility index (Phi) is 7.55. The molecule has 1 fully saturated rings. The Bertz CT molecular complexity index is 1230. The van der Waals surface area contributed by atoms with Crippen molar-refractivity contribution in [2.75, 3.05) is 18.0 Å². The van der Waals surface area contributed by atoms with Crippen LogP contribution in [0.15, 0.2) is 53.8 Å². The molecule has 2 unspecified atom stereocenters. The molecular weight excluding hydrogens is 598 g/mol. The summed E-state index contributed by atoms with van der Waals surface area (Å²) < 4.78 is 48.1. The number of hydrogen-bond donors (Lipinski definition) is 1. The van der Waals surface area contributed by atoms with Gasteiger partial charge in [0.1, 0.15) is 0 Å². The molecule has 1 N–H and O–H groups in total. The Balaban J connectivity index is 1.45. The molecule has 0 amide bonds. The number of carbonyl (C=O) groups is 1. The molecule has 1 aliphatic heterocycles. The number of allylic oxidation sites excluding steroid dienone is 2. The molecule has 4 rings (SSSR count). The van der Waals surface area contributed by atoms with Crippen LogP contribution in [0.3, 0.4) is 0 Å². The van der Waals surface area contributed by atoms with E-state index in [0.29, 0.717) is 27.5 Å². The third-order valence-corrected chi connectivity index (χ3v) is 9.05. The third kappa shape index (κ3) is 6.57. The maximum atomic E-state index is 12.9. The second kappa shape index (κ2) is 10.1. The van der Waals surface area contributed by atoms with E-state index in [4.69, 9.17) is 4.74 Å². The summed E-state index contributed by atoms with van der Waals surface area (Å²) in [6.07, 6.45) is 0.697. The Morgan fingerprint density at radius 3 is 2.51 bits per heavy atom. The molecule has 1 aliphatic carbocycles. The molecule has 6 nitrogen and oxygen atoms in total. The number of aromatic nitrogens is 2. The molecule has 202 valence electrons.